The summed E-state index contributed by atoms with van der Waals surface area (Å²) in [4.78, 5) is 14.2. The van der Waals surface area contributed by atoms with Crippen molar-refractivity contribution in [2.24, 2.45) is 0 Å². The third-order valence-corrected chi connectivity index (χ3v) is 4.51. The number of hydrogen-bond donors (Lipinski definition) is 1. The van der Waals surface area contributed by atoms with Gasteiger partial charge < -0.3 is 15.0 Å². The molecule has 0 radical (unpaired) electrons. The van der Waals surface area contributed by atoms with Crippen molar-refractivity contribution in [1.82, 2.24) is 10.2 Å². The van der Waals surface area contributed by atoms with Crippen LogP contribution < -0.4 is 10.1 Å². The molecule has 4 nitrogen and oxygen atoms in total. The molecule has 2 rings (SSSR count). The number of nitrogens with one attached hydrogen (secondary N) is 1. The number of hydrogen-bond acceptors (Lipinski definition) is 3. The van der Waals surface area contributed by atoms with Crippen LogP contribution in [0.1, 0.15) is 44.5 Å². The van der Waals surface area contributed by atoms with Gasteiger partial charge in [-0.15, -0.1) is 0 Å². The second kappa shape index (κ2) is 10.7. The predicted molar refractivity (Wildman–Crippen MR) is 112 cm³/mol. The summed E-state index contributed by atoms with van der Waals surface area (Å²) in [7, 11) is 0. The fourth-order valence-electron chi connectivity index (χ4n) is 2.90. The van der Waals surface area contributed by atoms with Crippen molar-refractivity contribution in [3.63, 3.8) is 0 Å². The van der Waals surface area contributed by atoms with Crippen molar-refractivity contribution in [1.29, 1.82) is 0 Å². The summed E-state index contributed by atoms with van der Waals surface area (Å²) in [6, 6.07) is 16.4. The minimum atomic E-state index is 0.0854. The molecule has 0 saturated heterocycles. The van der Waals surface area contributed by atoms with Gasteiger partial charge in [0.25, 0.3) is 5.91 Å². The summed E-state index contributed by atoms with van der Waals surface area (Å²) in [6.45, 7) is 11.4. The Hall–Kier alpha value is -2.33. The van der Waals surface area contributed by atoms with Gasteiger partial charge in [0.2, 0.25) is 0 Å². The van der Waals surface area contributed by atoms with Crippen molar-refractivity contribution in [2.75, 3.05) is 26.2 Å². The van der Waals surface area contributed by atoms with Crippen LogP contribution in [0.5, 0.6) is 5.75 Å². The molecule has 0 atom stereocenters. The number of ether oxygens (including phenoxy) is 1. The molecule has 1 N–H and O–H groups in total. The predicted octanol–water partition coefficient (Wildman–Crippen LogP) is 4.60. The Morgan fingerprint density at radius 2 is 1.52 bits per heavy atom. The van der Waals surface area contributed by atoms with Crippen molar-refractivity contribution in [2.45, 2.75) is 40.2 Å². The highest BCUT2D eigenvalue weighted by molar-refractivity contribution is 5.94. The lowest BCUT2D eigenvalue weighted by Crippen LogP contribution is -2.30. The Kier molecular flexibility index (Phi) is 8.34. The van der Waals surface area contributed by atoms with Crippen LogP contribution in [0, 0.1) is 0 Å². The fourth-order valence-corrected chi connectivity index (χ4v) is 2.90. The molecule has 27 heavy (non-hydrogen) atoms. The lowest BCUT2D eigenvalue weighted by atomic mass is 10.0. The molecule has 0 unspecified atom stereocenters. The molecule has 146 valence electrons. The Balaban J connectivity index is 1.92. The molecule has 4 heteroatoms. The zero-order valence-corrected chi connectivity index (χ0v) is 17.0. The van der Waals surface area contributed by atoms with Gasteiger partial charge in [0, 0.05) is 24.7 Å². The molecule has 2 aromatic rings. The normalized spacial score (nSPS) is 10.9. The summed E-state index contributed by atoms with van der Waals surface area (Å²) >= 11 is 0. The second-order valence-electron chi connectivity index (χ2n) is 6.89. The molecule has 0 saturated carbocycles. The monoisotopic (exact) mass is 368 g/mol. The molecule has 0 bridgehead atoms. The average Bonchev–Trinajstić information content (AvgIpc) is 2.69. The van der Waals surface area contributed by atoms with E-state index in [0.717, 1.165) is 48.5 Å². The molecule has 2 aromatic carbocycles. The minimum absolute atomic E-state index is 0.0854. The third kappa shape index (κ3) is 6.40. The molecule has 0 aliphatic heterocycles. The Morgan fingerprint density at radius 1 is 0.963 bits per heavy atom. The Bertz CT molecular complexity index is 689. The van der Waals surface area contributed by atoms with Crippen LogP contribution in [0.15, 0.2) is 48.5 Å². The summed E-state index contributed by atoms with van der Waals surface area (Å²) < 4.78 is 5.79. The topological polar surface area (TPSA) is 41.6 Å². The molecule has 0 aromatic heterocycles. The van der Waals surface area contributed by atoms with E-state index in [-0.39, 0.29) is 5.91 Å². The molecule has 0 fully saturated rings. The standard InChI is InChI=1S/C23H32N2O2/c1-5-25(6-2)23(26)21-10-8-19(9-11-21)20-12-14-22(15-13-20)27-17-7-16-24-18(3)4/h8-15,18,24H,5-7,16-17H2,1-4H3. The fraction of sp³-hybridized carbons (Fsp3) is 0.435. The van der Waals surface area contributed by atoms with Crippen molar-refractivity contribution >= 4 is 5.91 Å². The highest BCUT2D eigenvalue weighted by Crippen LogP contribution is 2.23. The molecular formula is C23H32N2O2. The van der Waals surface area contributed by atoms with Crippen molar-refractivity contribution in [3.05, 3.63) is 54.1 Å². The van der Waals surface area contributed by atoms with Gasteiger partial charge in [-0.05, 0) is 62.2 Å². The van der Waals surface area contributed by atoms with Crippen LogP contribution in [0.3, 0.4) is 0 Å². The maximum atomic E-state index is 12.4. The molecule has 0 aliphatic rings. The number of amides is 1. The van der Waals surface area contributed by atoms with E-state index < -0.39 is 0 Å². The first-order valence-electron chi connectivity index (χ1n) is 9.91. The molecule has 0 aliphatic carbocycles. The van der Waals surface area contributed by atoms with E-state index in [4.69, 9.17) is 4.74 Å². The van der Waals surface area contributed by atoms with Gasteiger partial charge in [-0.2, -0.15) is 0 Å². The van der Waals surface area contributed by atoms with Gasteiger partial charge in [-0.25, -0.2) is 0 Å². The molecule has 0 spiro atoms. The van der Waals surface area contributed by atoms with E-state index in [2.05, 4.69) is 31.3 Å². The zero-order valence-electron chi connectivity index (χ0n) is 17.0. The Labute approximate surface area is 163 Å². The number of nitrogens with zero attached hydrogens (tertiary/aromatic N) is 1. The molecule has 0 heterocycles. The smallest absolute Gasteiger partial charge is 0.253 e. The van der Waals surface area contributed by atoms with E-state index >= 15 is 0 Å². The molecular weight excluding hydrogens is 336 g/mol. The lowest BCUT2D eigenvalue weighted by molar-refractivity contribution is 0.0773. The van der Waals surface area contributed by atoms with Gasteiger partial charge in [-0.1, -0.05) is 38.1 Å². The minimum Gasteiger partial charge on any atom is -0.494 e. The van der Waals surface area contributed by atoms with Crippen molar-refractivity contribution < 1.29 is 9.53 Å². The first-order valence-corrected chi connectivity index (χ1v) is 9.91. The van der Waals surface area contributed by atoms with Crippen LogP contribution in [0.25, 0.3) is 11.1 Å². The van der Waals surface area contributed by atoms with Gasteiger partial charge >= 0.3 is 0 Å². The maximum Gasteiger partial charge on any atom is 0.253 e. The number of rotatable bonds is 10. The van der Waals surface area contributed by atoms with Crippen LogP contribution >= 0.6 is 0 Å². The highest BCUT2D eigenvalue weighted by Gasteiger charge is 2.12. The van der Waals surface area contributed by atoms with Crippen LogP contribution in [0.4, 0.5) is 0 Å². The summed E-state index contributed by atoms with van der Waals surface area (Å²) in [5, 5.41) is 3.38. The zero-order chi connectivity index (χ0) is 19.6. The Morgan fingerprint density at radius 3 is 2.04 bits per heavy atom. The largest absolute Gasteiger partial charge is 0.494 e. The van der Waals surface area contributed by atoms with Crippen LogP contribution in [-0.2, 0) is 0 Å². The van der Waals surface area contributed by atoms with Gasteiger partial charge in [0.15, 0.2) is 0 Å². The van der Waals surface area contributed by atoms with Gasteiger partial charge in [0.05, 0.1) is 6.61 Å². The number of carbonyl (C=O) groups is 1. The average molecular weight is 369 g/mol. The summed E-state index contributed by atoms with van der Waals surface area (Å²) in [5.74, 6) is 0.971. The maximum absolute atomic E-state index is 12.4. The second-order valence-corrected chi connectivity index (χ2v) is 6.89. The third-order valence-electron chi connectivity index (χ3n) is 4.51. The number of benzene rings is 2. The van der Waals surface area contributed by atoms with Crippen molar-refractivity contribution in [3.8, 4) is 16.9 Å². The van der Waals surface area contributed by atoms with Crippen LogP contribution in [0.2, 0.25) is 0 Å². The SMILES string of the molecule is CCN(CC)C(=O)c1ccc(-c2ccc(OCCCNC(C)C)cc2)cc1. The lowest BCUT2D eigenvalue weighted by Gasteiger charge is -2.18. The van der Waals surface area contributed by atoms with E-state index in [1.165, 1.54) is 0 Å². The summed E-state index contributed by atoms with van der Waals surface area (Å²) in [5.41, 5.74) is 2.95. The van der Waals surface area contributed by atoms with E-state index in [1.54, 1.807) is 0 Å². The molecule has 1 amide bonds. The first-order chi connectivity index (χ1) is 13.0. The van der Waals surface area contributed by atoms with Gasteiger partial charge in [0.1, 0.15) is 5.75 Å². The van der Waals surface area contributed by atoms with E-state index in [1.807, 2.05) is 55.1 Å². The van der Waals surface area contributed by atoms with Gasteiger partial charge in [-0.3, -0.25) is 4.79 Å². The highest BCUT2D eigenvalue weighted by atomic mass is 16.5. The quantitative estimate of drug-likeness (QED) is 0.623. The van der Waals surface area contributed by atoms with Crippen LogP contribution in [-0.4, -0.2) is 43.1 Å². The van der Waals surface area contributed by atoms with E-state index in [0.29, 0.717) is 12.6 Å². The summed E-state index contributed by atoms with van der Waals surface area (Å²) in [6.07, 6.45) is 0.988. The number of carbonyl (C=O) groups excluding carboxylic acids is 1. The van der Waals surface area contributed by atoms with E-state index in [9.17, 15) is 4.79 Å². The first kappa shape index (κ1) is 21.0.